The summed E-state index contributed by atoms with van der Waals surface area (Å²) in [6, 6.07) is 13.4. The van der Waals surface area contributed by atoms with E-state index in [-0.39, 0.29) is 18.0 Å². The van der Waals surface area contributed by atoms with Gasteiger partial charge in [0.05, 0.1) is 12.7 Å². The number of methoxy groups -OCH3 is 1. The summed E-state index contributed by atoms with van der Waals surface area (Å²) in [7, 11) is 1.28. The van der Waals surface area contributed by atoms with Crippen molar-refractivity contribution in [3.63, 3.8) is 0 Å². The number of benzene rings is 2. The molecule has 5 nitrogen and oxygen atoms in total. The molecule has 3 rings (SSSR count). The second kappa shape index (κ2) is 6.50. The molecule has 0 aliphatic heterocycles. The molecule has 2 aromatic carbocycles. The SMILES string of the molecule is COC(=O)Cc1oc2ccccc2c1C(=O)c1ccc(C=O)cc1. The zero-order chi connectivity index (χ0) is 17.1. The molecular weight excluding hydrogens is 308 g/mol. The van der Waals surface area contributed by atoms with Gasteiger partial charge in [-0.1, -0.05) is 42.5 Å². The molecule has 0 N–H and O–H groups in total. The minimum absolute atomic E-state index is 0.126. The van der Waals surface area contributed by atoms with Crippen LogP contribution < -0.4 is 0 Å². The Balaban J connectivity index is 2.11. The summed E-state index contributed by atoms with van der Waals surface area (Å²) in [5.41, 5.74) is 1.77. The van der Waals surface area contributed by atoms with Crippen molar-refractivity contribution in [3.8, 4) is 0 Å². The van der Waals surface area contributed by atoms with Gasteiger partial charge in [-0.05, 0) is 6.07 Å². The van der Waals surface area contributed by atoms with Crippen molar-refractivity contribution in [3.05, 3.63) is 71.0 Å². The van der Waals surface area contributed by atoms with Gasteiger partial charge < -0.3 is 9.15 Å². The Morgan fingerprint density at radius 3 is 2.46 bits per heavy atom. The summed E-state index contributed by atoms with van der Waals surface area (Å²) in [6.45, 7) is 0. The van der Waals surface area contributed by atoms with Crippen LogP contribution in [0.15, 0.2) is 52.9 Å². The standard InChI is InChI=1S/C19H14O5/c1-23-17(21)10-16-18(14-4-2-3-5-15(14)24-16)19(22)13-8-6-12(11-20)7-9-13/h2-9,11H,10H2,1H3. The molecule has 0 atom stereocenters. The largest absolute Gasteiger partial charge is 0.469 e. The minimum Gasteiger partial charge on any atom is -0.469 e. The lowest BCUT2D eigenvalue weighted by molar-refractivity contribution is -0.140. The third-order valence-electron chi connectivity index (χ3n) is 3.74. The number of furan rings is 1. The molecule has 1 aromatic heterocycles. The highest BCUT2D eigenvalue weighted by Crippen LogP contribution is 2.28. The van der Waals surface area contributed by atoms with Gasteiger partial charge in [0.2, 0.25) is 0 Å². The third-order valence-corrected chi connectivity index (χ3v) is 3.74. The first-order valence-corrected chi connectivity index (χ1v) is 7.31. The van der Waals surface area contributed by atoms with E-state index >= 15 is 0 Å². The van der Waals surface area contributed by atoms with Gasteiger partial charge in [-0.25, -0.2) is 0 Å². The van der Waals surface area contributed by atoms with E-state index in [0.29, 0.717) is 33.9 Å². The lowest BCUT2D eigenvalue weighted by Gasteiger charge is -2.03. The lowest BCUT2D eigenvalue weighted by Crippen LogP contribution is -2.09. The van der Waals surface area contributed by atoms with Crippen LogP contribution in [0.5, 0.6) is 0 Å². The fourth-order valence-corrected chi connectivity index (χ4v) is 2.53. The number of para-hydroxylation sites is 1. The molecule has 0 saturated heterocycles. The predicted molar refractivity (Wildman–Crippen MR) is 87.2 cm³/mol. The maximum atomic E-state index is 12.9. The van der Waals surface area contributed by atoms with Gasteiger partial charge in [0.1, 0.15) is 24.1 Å². The monoisotopic (exact) mass is 322 g/mol. The molecule has 1 heterocycles. The summed E-state index contributed by atoms with van der Waals surface area (Å²) < 4.78 is 10.4. The molecule has 24 heavy (non-hydrogen) atoms. The fourth-order valence-electron chi connectivity index (χ4n) is 2.53. The maximum absolute atomic E-state index is 12.9. The smallest absolute Gasteiger partial charge is 0.313 e. The highest BCUT2D eigenvalue weighted by molar-refractivity contribution is 6.17. The minimum atomic E-state index is -0.487. The van der Waals surface area contributed by atoms with E-state index in [4.69, 9.17) is 4.42 Å². The lowest BCUT2D eigenvalue weighted by atomic mass is 9.98. The van der Waals surface area contributed by atoms with Gasteiger partial charge >= 0.3 is 5.97 Å². The highest BCUT2D eigenvalue weighted by Gasteiger charge is 2.23. The Morgan fingerprint density at radius 1 is 1.08 bits per heavy atom. The van der Waals surface area contributed by atoms with Crippen LogP contribution in [0.25, 0.3) is 11.0 Å². The summed E-state index contributed by atoms with van der Waals surface area (Å²) in [5, 5.41) is 0.640. The molecule has 0 amide bonds. The molecule has 3 aromatic rings. The van der Waals surface area contributed by atoms with Crippen LogP contribution in [-0.4, -0.2) is 25.1 Å². The molecule has 0 unspecified atom stereocenters. The average molecular weight is 322 g/mol. The van der Waals surface area contributed by atoms with Crippen molar-refractivity contribution in [2.75, 3.05) is 7.11 Å². The van der Waals surface area contributed by atoms with E-state index in [9.17, 15) is 14.4 Å². The van der Waals surface area contributed by atoms with Gasteiger partial charge in [-0.3, -0.25) is 14.4 Å². The Bertz CT molecular complexity index is 919. The Labute approximate surface area is 137 Å². The van der Waals surface area contributed by atoms with Crippen LogP contribution >= 0.6 is 0 Å². The summed E-state index contributed by atoms with van der Waals surface area (Å²) in [5.74, 6) is -0.483. The first-order valence-electron chi connectivity index (χ1n) is 7.31. The number of carbonyl (C=O) groups is 3. The van der Waals surface area contributed by atoms with E-state index in [1.54, 1.807) is 48.5 Å². The normalized spacial score (nSPS) is 10.5. The van der Waals surface area contributed by atoms with Crippen LogP contribution in [0.4, 0.5) is 0 Å². The Morgan fingerprint density at radius 2 is 1.79 bits per heavy atom. The van der Waals surface area contributed by atoms with E-state index in [0.717, 1.165) is 0 Å². The zero-order valence-corrected chi connectivity index (χ0v) is 12.9. The van der Waals surface area contributed by atoms with Crippen LogP contribution in [0.2, 0.25) is 0 Å². The van der Waals surface area contributed by atoms with E-state index in [1.807, 2.05) is 0 Å². The molecule has 0 aliphatic carbocycles. The summed E-state index contributed by atoms with van der Waals surface area (Å²) in [6.07, 6.45) is 0.586. The highest BCUT2D eigenvalue weighted by atomic mass is 16.5. The molecule has 0 bridgehead atoms. The number of hydrogen-bond donors (Lipinski definition) is 0. The molecule has 5 heteroatoms. The second-order valence-electron chi connectivity index (χ2n) is 5.22. The topological polar surface area (TPSA) is 73.6 Å². The van der Waals surface area contributed by atoms with Crippen LogP contribution in [-0.2, 0) is 16.0 Å². The van der Waals surface area contributed by atoms with Crippen molar-refractivity contribution >= 4 is 29.0 Å². The van der Waals surface area contributed by atoms with Gasteiger partial charge in [-0.2, -0.15) is 0 Å². The molecule has 0 fully saturated rings. The fraction of sp³-hybridized carbons (Fsp3) is 0.105. The van der Waals surface area contributed by atoms with Crippen LogP contribution in [0.1, 0.15) is 32.0 Å². The zero-order valence-electron chi connectivity index (χ0n) is 12.9. The molecular formula is C19H14O5. The van der Waals surface area contributed by atoms with Gasteiger partial charge in [0.15, 0.2) is 5.78 Å². The van der Waals surface area contributed by atoms with Gasteiger partial charge in [0.25, 0.3) is 0 Å². The van der Waals surface area contributed by atoms with Crippen LogP contribution in [0, 0.1) is 0 Å². The second-order valence-corrected chi connectivity index (χ2v) is 5.22. The average Bonchev–Trinajstić information content (AvgIpc) is 2.98. The Hall–Kier alpha value is -3.21. The van der Waals surface area contributed by atoms with Crippen molar-refractivity contribution in [2.45, 2.75) is 6.42 Å². The molecule has 120 valence electrons. The predicted octanol–water partition coefficient (Wildman–Crippen LogP) is 3.19. The maximum Gasteiger partial charge on any atom is 0.313 e. The number of ether oxygens (including phenoxy) is 1. The quantitative estimate of drug-likeness (QED) is 0.410. The molecule has 0 spiro atoms. The Kier molecular flexibility index (Phi) is 4.24. The van der Waals surface area contributed by atoms with Gasteiger partial charge in [0, 0.05) is 16.5 Å². The number of rotatable bonds is 5. The number of esters is 1. The van der Waals surface area contributed by atoms with Crippen molar-refractivity contribution < 1.29 is 23.5 Å². The number of ketones is 1. The number of hydrogen-bond acceptors (Lipinski definition) is 5. The van der Waals surface area contributed by atoms with E-state index in [1.165, 1.54) is 7.11 Å². The van der Waals surface area contributed by atoms with Gasteiger partial charge in [-0.15, -0.1) is 0 Å². The van der Waals surface area contributed by atoms with Crippen molar-refractivity contribution in [1.29, 1.82) is 0 Å². The van der Waals surface area contributed by atoms with Crippen molar-refractivity contribution in [2.24, 2.45) is 0 Å². The first-order chi connectivity index (χ1) is 11.6. The van der Waals surface area contributed by atoms with E-state index in [2.05, 4.69) is 4.74 Å². The number of fused-ring (bicyclic) bond motifs is 1. The van der Waals surface area contributed by atoms with Crippen LogP contribution in [0.3, 0.4) is 0 Å². The number of carbonyl (C=O) groups excluding carboxylic acids is 3. The summed E-state index contributed by atoms with van der Waals surface area (Å²) >= 11 is 0. The van der Waals surface area contributed by atoms with Crippen molar-refractivity contribution in [1.82, 2.24) is 0 Å². The van der Waals surface area contributed by atoms with E-state index < -0.39 is 5.97 Å². The molecule has 0 saturated carbocycles. The summed E-state index contributed by atoms with van der Waals surface area (Å²) in [4.78, 5) is 35.3. The first kappa shape index (κ1) is 15.7. The molecule has 0 aliphatic rings. The number of aldehydes is 1. The molecule has 0 radical (unpaired) electrons. The third kappa shape index (κ3) is 2.84.